The van der Waals surface area contributed by atoms with Gasteiger partial charge in [0, 0.05) is 5.39 Å². The highest BCUT2D eigenvalue weighted by Crippen LogP contribution is 2.28. The van der Waals surface area contributed by atoms with Gasteiger partial charge in [0.05, 0.1) is 21.9 Å². The van der Waals surface area contributed by atoms with Crippen LogP contribution in [0.3, 0.4) is 0 Å². The molecule has 0 saturated heterocycles. The molecule has 19 heavy (non-hydrogen) atoms. The van der Waals surface area contributed by atoms with Crippen molar-refractivity contribution in [3.63, 3.8) is 0 Å². The van der Waals surface area contributed by atoms with Crippen molar-refractivity contribution in [1.82, 2.24) is 4.98 Å². The first-order valence-electron chi connectivity index (χ1n) is 6.01. The van der Waals surface area contributed by atoms with Gasteiger partial charge in [-0.05, 0) is 46.6 Å². The van der Waals surface area contributed by atoms with Gasteiger partial charge in [0.25, 0.3) is 0 Å². The van der Waals surface area contributed by atoms with Crippen molar-refractivity contribution < 1.29 is 4.42 Å². The number of aromatic nitrogens is 1. The van der Waals surface area contributed by atoms with Crippen molar-refractivity contribution in [2.24, 2.45) is 5.73 Å². The Balaban J connectivity index is 2.13. The molecular weight excluding hydrogens is 304 g/mol. The highest BCUT2D eigenvalue weighted by molar-refractivity contribution is 9.10. The molecular formula is C15H13BrN2O. The smallest absolute Gasteiger partial charge is 0.140 e. The molecule has 1 unspecified atom stereocenters. The van der Waals surface area contributed by atoms with Gasteiger partial charge in [-0.15, -0.1) is 0 Å². The van der Waals surface area contributed by atoms with Crippen molar-refractivity contribution >= 4 is 26.8 Å². The summed E-state index contributed by atoms with van der Waals surface area (Å²) in [5.74, 6) is 0.696. The van der Waals surface area contributed by atoms with E-state index in [4.69, 9.17) is 10.2 Å². The van der Waals surface area contributed by atoms with Crippen LogP contribution in [0.25, 0.3) is 10.9 Å². The molecule has 1 atom stereocenters. The lowest BCUT2D eigenvalue weighted by atomic mass is 10.1. The lowest BCUT2D eigenvalue weighted by molar-refractivity contribution is 0.484. The summed E-state index contributed by atoms with van der Waals surface area (Å²) in [4.78, 5) is 4.63. The van der Waals surface area contributed by atoms with Crippen molar-refractivity contribution in [3.05, 3.63) is 64.2 Å². The Morgan fingerprint density at radius 2 is 2.05 bits per heavy atom. The van der Waals surface area contributed by atoms with E-state index in [1.165, 1.54) is 5.56 Å². The molecule has 2 N–H and O–H groups in total. The molecule has 3 nitrogen and oxygen atoms in total. The average molecular weight is 317 g/mol. The third kappa shape index (κ3) is 2.17. The molecule has 0 saturated carbocycles. The molecule has 0 aliphatic heterocycles. The number of rotatable bonds is 2. The van der Waals surface area contributed by atoms with Gasteiger partial charge in [-0.1, -0.05) is 18.2 Å². The molecule has 0 radical (unpaired) electrons. The van der Waals surface area contributed by atoms with Crippen LogP contribution in [0.4, 0.5) is 0 Å². The Morgan fingerprint density at radius 3 is 2.79 bits per heavy atom. The summed E-state index contributed by atoms with van der Waals surface area (Å²) in [6, 6.07) is 11.5. The molecule has 0 aliphatic carbocycles. The molecule has 0 aliphatic rings. The molecule has 1 aromatic carbocycles. The summed E-state index contributed by atoms with van der Waals surface area (Å²) >= 11 is 3.43. The SMILES string of the molecule is Cc1cc(C(N)c2occc2Br)nc2ccccc12. The summed E-state index contributed by atoms with van der Waals surface area (Å²) < 4.78 is 6.29. The van der Waals surface area contributed by atoms with Crippen LogP contribution >= 0.6 is 15.9 Å². The summed E-state index contributed by atoms with van der Waals surface area (Å²) in [5.41, 5.74) is 9.17. The van der Waals surface area contributed by atoms with Crippen LogP contribution in [0.15, 0.2) is 51.6 Å². The second-order valence-corrected chi connectivity index (χ2v) is 5.35. The van der Waals surface area contributed by atoms with Crippen LogP contribution < -0.4 is 5.73 Å². The number of para-hydroxylation sites is 1. The highest BCUT2D eigenvalue weighted by Gasteiger charge is 2.18. The van der Waals surface area contributed by atoms with E-state index < -0.39 is 0 Å². The maximum absolute atomic E-state index is 6.24. The van der Waals surface area contributed by atoms with E-state index in [-0.39, 0.29) is 6.04 Å². The zero-order valence-corrected chi connectivity index (χ0v) is 12.0. The summed E-state index contributed by atoms with van der Waals surface area (Å²) in [6.07, 6.45) is 1.62. The molecule has 96 valence electrons. The molecule has 0 bridgehead atoms. The third-order valence-corrected chi connectivity index (χ3v) is 3.84. The van der Waals surface area contributed by atoms with Gasteiger partial charge in [-0.2, -0.15) is 0 Å². The maximum atomic E-state index is 6.24. The minimum Gasteiger partial charge on any atom is -0.466 e. The van der Waals surface area contributed by atoms with Crippen molar-refractivity contribution in [2.45, 2.75) is 13.0 Å². The van der Waals surface area contributed by atoms with Gasteiger partial charge in [0.1, 0.15) is 11.8 Å². The first kappa shape index (κ1) is 12.4. The number of fused-ring (bicyclic) bond motifs is 1. The Kier molecular flexibility index (Phi) is 3.12. The fourth-order valence-corrected chi connectivity index (χ4v) is 2.64. The Morgan fingerprint density at radius 1 is 1.26 bits per heavy atom. The number of pyridine rings is 1. The summed E-state index contributed by atoms with van der Waals surface area (Å²) in [5, 5.41) is 1.15. The molecule has 3 rings (SSSR count). The maximum Gasteiger partial charge on any atom is 0.140 e. The molecule has 0 spiro atoms. The Hall–Kier alpha value is -1.65. The van der Waals surface area contributed by atoms with Crippen LogP contribution in [-0.4, -0.2) is 4.98 Å². The number of hydrogen-bond donors (Lipinski definition) is 1. The quantitative estimate of drug-likeness (QED) is 0.779. The van der Waals surface area contributed by atoms with E-state index in [0.29, 0.717) is 5.76 Å². The lowest BCUT2D eigenvalue weighted by Crippen LogP contribution is -2.13. The number of benzene rings is 1. The van der Waals surface area contributed by atoms with Crippen LogP contribution in [0.2, 0.25) is 0 Å². The number of hydrogen-bond acceptors (Lipinski definition) is 3. The van der Waals surface area contributed by atoms with Gasteiger partial charge in [0.15, 0.2) is 0 Å². The molecule has 3 aromatic rings. The van der Waals surface area contributed by atoms with E-state index >= 15 is 0 Å². The normalized spacial score (nSPS) is 12.8. The zero-order valence-electron chi connectivity index (χ0n) is 10.4. The monoisotopic (exact) mass is 316 g/mol. The Bertz CT molecular complexity index is 736. The van der Waals surface area contributed by atoms with Gasteiger partial charge >= 0.3 is 0 Å². The number of aryl methyl sites for hydroxylation is 1. The summed E-state index contributed by atoms with van der Waals surface area (Å²) in [7, 11) is 0. The molecule has 4 heteroatoms. The van der Waals surface area contributed by atoms with Gasteiger partial charge < -0.3 is 10.2 Å². The topological polar surface area (TPSA) is 52.0 Å². The van der Waals surface area contributed by atoms with E-state index in [9.17, 15) is 0 Å². The predicted octanol–water partition coefficient (Wildman–Crippen LogP) is 3.95. The minimum absolute atomic E-state index is 0.368. The molecule has 0 amide bonds. The minimum atomic E-state index is -0.368. The van der Waals surface area contributed by atoms with Gasteiger partial charge in [-0.3, -0.25) is 4.98 Å². The fraction of sp³-hybridized carbons (Fsp3) is 0.133. The second-order valence-electron chi connectivity index (χ2n) is 4.49. The molecule has 2 aromatic heterocycles. The number of furan rings is 1. The predicted molar refractivity (Wildman–Crippen MR) is 78.9 cm³/mol. The standard InChI is InChI=1S/C15H13BrN2O/c1-9-8-13(14(17)15-11(16)6-7-19-15)18-12-5-3-2-4-10(9)12/h2-8,14H,17H2,1H3. The molecule has 2 heterocycles. The van der Waals surface area contributed by atoms with Gasteiger partial charge in [-0.25, -0.2) is 0 Å². The number of halogens is 1. The third-order valence-electron chi connectivity index (χ3n) is 3.19. The Labute approximate surface area is 119 Å². The fourth-order valence-electron chi connectivity index (χ4n) is 2.20. The first-order valence-corrected chi connectivity index (χ1v) is 6.81. The number of nitrogens with zero attached hydrogens (tertiary/aromatic N) is 1. The lowest BCUT2D eigenvalue weighted by Gasteiger charge is -2.12. The van der Waals surface area contributed by atoms with E-state index in [2.05, 4.69) is 33.9 Å². The van der Waals surface area contributed by atoms with Crippen LogP contribution in [0.1, 0.15) is 23.1 Å². The van der Waals surface area contributed by atoms with E-state index in [0.717, 1.165) is 21.1 Å². The van der Waals surface area contributed by atoms with Crippen molar-refractivity contribution in [3.8, 4) is 0 Å². The molecule has 0 fully saturated rings. The number of nitrogens with two attached hydrogens (primary N) is 1. The second kappa shape index (κ2) is 4.79. The van der Waals surface area contributed by atoms with Gasteiger partial charge in [0.2, 0.25) is 0 Å². The zero-order chi connectivity index (χ0) is 13.4. The highest BCUT2D eigenvalue weighted by atomic mass is 79.9. The van der Waals surface area contributed by atoms with Crippen LogP contribution in [0, 0.1) is 6.92 Å². The van der Waals surface area contributed by atoms with Crippen molar-refractivity contribution in [1.29, 1.82) is 0 Å². The van der Waals surface area contributed by atoms with Crippen molar-refractivity contribution in [2.75, 3.05) is 0 Å². The first-order chi connectivity index (χ1) is 9.16. The van der Waals surface area contributed by atoms with E-state index in [1.54, 1.807) is 6.26 Å². The van der Waals surface area contributed by atoms with Crippen LogP contribution in [-0.2, 0) is 0 Å². The van der Waals surface area contributed by atoms with Crippen LogP contribution in [0.5, 0.6) is 0 Å². The largest absolute Gasteiger partial charge is 0.466 e. The average Bonchev–Trinajstić information content (AvgIpc) is 2.84. The van der Waals surface area contributed by atoms with E-state index in [1.807, 2.05) is 30.3 Å². The summed E-state index contributed by atoms with van der Waals surface area (Å²) in [6.45, 7) is 2.07.